The van der Waals surface area contributed by atoms with E-state index in [1.54, 1.807) is 6.92 Å². The number of rotatable bonds is 6. The van der Waals surface area contributed by atoms with Crippen LogP contribution in [0.25, 0.3) is 0 Å². The van der Waals surface area contributed by atoms with Crippen molar-refractivity contribution in [3.8, 4) is 0 Å². The highest BCUT2D eigenvalue weighted by Gasteiger charge is 2.22. The summed E-state index contributed by atoms with van der Waals surface area (Å²) in [7, 11) is -3.60. The zero-order valence-electron chi connectivity index (χ0n) is 13.3. The van der Waals surface area contributed by atoms with Gasteiger partial charge in [-0.05, 0) is 42.4 Å². The van der Waals surface area contributed by atoms with Gasteiger partial charge in [-0.25, -0.2) is 13.1 Å². The van der Waals surface area contributed by atoms with Crippen LogP contribution in [0, 0.1) is 24.7 Å². The number of benzene rings is 1. The lowest BCUT2D eigenvalue weighted by Crippen LogP contribution is -2.34. The second-order valence-corrected chi connectivity index (χ2v) is 8.30. The van der Waals surface area contributed by atoms with E-state index in [2.05, 4.69) is 32.4 Å². The first-order valence-corrected chi connectivity index (χ1v) is 8.97. The van der Waals surface area contributed by atoms with Gasteiger partial charge >= 0.3 is 0 Å². The number of hydrogen-bond donors (Lipinski definition) is 2. The summed E-state index contributed by atoms with van der Waals surface area (Å²) < 4.78 is 27.4. The molecule has 0 saturated carbocycles. The third-order valence-electron chi connectivity index (χ3n) is 3.89. The van der Waals surface area contributed by atoms with Crippen molar-refractivity contribution >= 4 is 27.3 Å². The van der Waals surface area contributed by atoms with Crippen LogP contribution in [0.3, 0.4) is 0 Å². The Labute approximate surface area is 133 Å². The first-order chi connectivity index (χ1) is 9.56. The molecule has 0 heterocycles. The zero-order valence-corrected chi connectivity index (χ0v) is 14.8. The van der Waals surface area contributed by atoms with Gasteiger partial charge in [0.05, 0.1) is 4.90 Å². The summed E-state index contributed by atoms with van der Waals surface area (Å²) in [4.78, 5) is 0.113. The molecule has 1 aromatic rings. The van der Waals surface area contributed by atoms with Crippen LogP contribution >= 0.6 is 11.6 Å². The van der Waals surface area contributed by atoms with Crippen molar-refractivity contribution < 1.29 is 8.42 Å². The van der Waals surface area contributed by atoms with E-state index in [-0.39, 0.29) is 10.8 Å². The van der Waals surface area contributed by atoms with Crippen LogP contribution in [0.5, 0.6) is 0 Å². The van der Waals surface area contributed by atoms with Gasteiger partial charge in [0.2, 0.25) is 10.0 Å². The summed E-state index contributed by atoms with van der Waals surface area (Å²) in [6.07, 6.45) is 0. The highest BCUT2D eigenvalue weighted by Crippen LogP contribution is 2.26. The number of nitrogens with one attached hydrogen (secondary N) is 1. The van der Waals surface area contributed by atoms with E-state index in [0.717, 1.165) is 0 Å². The van der Waals surface area contributed by atoms with Crippen molar-refractivity contribution in [3.05, 3.63) is 22.7 Å². The minimum absolute atomic E-state index is 0.113. The normalized spacial score (nSPS) is 12.6. The molecule has 0 atom stereocenters. The Kier molecular flexibility index (Phi) is 6.08. The topological polar surface area (TPSA) is 72.2 Å². The van der Waals surface area contributed by atoms with E-state index in [0.29, 0.717) is 34.7 Å². The highest BCUT2D eigenvalue weighted by atomic mass is 35.5. The molecule has 4 nitrogen and oxygen atoms in total. The Hall–Kier alpha value is -0.780. The van der Waals surface area contributed by atoms with Crippen LogP contribution in [0.4, 0.5) is 5.69 Å². The van der Waals surface area contributed by atoms with Crippen LogP contribution in [-0.4, -0.2) is 15.0 Å². The molecule has 0 aliphatic rings. The molecular weight excluding hydrogens is 308 g/mol. The fourth-order valence-corrected chi connectivity index (χ4v) is 3.78. The van der Waals surface area contributed by atoms with Gasteiger partial charge in [-0.3, -0.25) is 0 Å². The molecule has 0 spiro atoms. The fourth-order valence-electron chi connectivity index (χ4n) is 2.36. The van der Waals surface area contributed by atoms with E-state index < -0.39 is 10.0 Å². The zero-order chi connectivity index (χ0) is 16.4. The molecule has 0 bridgehead atoms. The van der Waals surface area contributed by atoms with Crippen molar-refractivity contribution in [2.24, 2.45) is 17.8 Å². The van der Waals surface area contributed by atoms with E-state index in [4.69, 9.17) is 17.3 Å². The molecule has 21 heavy (non-hydrogen) atoms. The molecule has 0 unspecified atom stereocenters. The summed E-state index contributed by atoms with van der Waals surface area (Å²) in [5.74, 6) is 1.08. The smallest absolute Gasteiger partial charge is 0.240 e. The minimum atomic E-state index is -3.60. The first-order valence-electron chi connectivity index (χ1n) is 7.11. The predicted molar refractivity (Wildman–Crippen MR) is 89.0 cm³/mol. The number of sulfonamides is 1. The fraction of sp³-hybridized carbons (Fsp3) is 0.600. The Morgan fingerprint density at radius 1 is 1.19 bits per heavy atom. The van der Waals surface area contributed by atoms with Crippen LogP contribution in [-0.2, 0) is 10.0 Å². The number of anilines is 1. The lowest BCUT2D eigenvalue weighted by molar-refractivity contribution is 0.289. The van der Waals surface area contributed by atoms with Gasteiger partial charge in [0.1, 0.15) is 0 Å². The van der Waals surface area contributed by atoms with Crippen LogP contribution < -0.4 is 10.5 Å². The average molecular weight is 333 g/mol. The van der Waals surface area contributed by atoms with E-state index in [1.165, 1.54) is 12.1 Å². The van der Waals surface area contributed by atoms with Crippen LogP contribution in [0.15, 0.2) is 17.0 Å². The predicted octanol–water partition coefficient (Wildman–Crippen LogP) is 3.44. The standard InChI is InChI=1S/C15H25ClN2O2S/c1-9(2)13(10(3)4)8-18-21(19,20)12-6-14(16)11(5)15(17)7-12/h6-7,9-10,13,18H,8,17H2,1-5H3. The summed E-state index contributed by atoms with van der Waals surface area (Å²) in [5.41, 5.74) is 6.87. The molecule has 0 aromatic heterocycles. The molecular formula is C15H25ClN2O2S. The van der Waals surface area contributed by atoms with Crippen molar-refractivity contribution in [2.45, 2.75) is 39.5 Å². The van der Waals surface area contributed by atoms with Crippen molar-refractivity contribution in [1.29, 1.82) is 0 Å². The second-order valence-electron chi connectivity index (χ2n) is 6.12. The maximum atomic E-state index is 12.4. The third-order valence-corrected chi connectivity index (χ3v) is 5.69. The summed E-state index contributed by atoms with van der Waals surface area (Å²) in [6, 6.07) is 2.89. The lowest BCUT2D eigenvalue weighted by atomic mass is 9.86. The molecule has 0 aliphatic carbocycles. The summed E-state index contributed by atoms with van der Waals surface area (Å²) in [6.45, 7) is 10.6. The van der Waals surface area contributed by atoms with Gasteiger partial charge in [0.25, 0.3) is 0 Å². The molecule has 3 N–H and O–H groups in total. The number of halogens is 1. The molecule has 0 aliphatic heterocycles. The van der Waals surface area contributed by atoms with Crippen LogP contribution in [0.1, 0.15) is 33.3 Å². The minimum Gasteiger partial charge on any atom is -0.398 e. The molecule has 1 aromatic carbocycles. The quantitative estimate of drug-likeness (QED) is 0.784. The number of nitrogen functional groups attached to an aromatic ring is 1. The maximum Gasteiger partial charge on any atom is 0.240 e. The number of hydrogen-bond acceptors (Lipinski definition) is 3. The van der Waals surface area contributed by atoms with E-state index in [1.807, 2.05) is 0 Å². The van der Waals surface area contributed by atoms with Crippen molar-refractivity contribution in [2.75, 3.05) is 12.3 Å². The SMILES string of the molecule is Cc1c(N)cc(S(=O)(=O)NCC(C(C)C)C(C)C)cc1Cl. The van der Waals surface area contributed by atoms with Crippen molar-refractivity contribution in [1.82, 2.24) is 4.72 Å². The lowest BCUT2D eigenvalue weighted by Gasteiger charge is -2.25. The Morgan fingerprint density at radius 2 is 1.71 bits per heavy atom. The first kappa shape index (κ1) is 18.3. The maximum absolute atomic E-state index is 12.4. The monoisotopic (exact) mass is 332 g/mol. The van der Waals surface area contributed by atoms with E-state index in [9.17, 15) is 8.42 Å². The molecule has 0 radical (unpaired) electrons. The van der Waals surface area contributed by atoms with Gasteiger partial charge < -0.3 is 5.73 Å². The summed E-state index contributed by atoms with van der Waals surface area (Å²) in [5, 5.41) is 0.361. The average Bonchev–Trinajstić information content (AvgIpc) is 2.34. The largest absolute Gasteiger partial charge is 0.398 e. The molecule has 0 amide bonds. The Morgan fingerprint density at radius 3 is 2.14 bits per heavy atom. The van der Waals surface area contributed by atoms with Gasteiger partial charge in [-0.1, -0.05) is 39.3 Å². The molecule has 6 heteroatoms. The molecule has 0 saturated heterocycles. The second kappa shape index (κ2) is 6.99. The molecule has 1 rings (SSSR count). The Bertz CT molecular complexity index is 567. The molecule has 120 valence electrons. The van der Waals surface area contributed by atoms with E-state index >= 15 is 0 Å². The molecule has 0 fully saturated rings. The third kappa shape index (κ3) is 4.59. The van der Waals surface area contributed by atoms with Gasteiger partial charge in [-0.2, -0.15) is 0 Å². The Balaban J connectivity index is 2.97. The number of nitrogens with two attached hydrogens (primary N) is 1. The van der Waals surface area contributed by atoms with Gasteiger partial charge in [0.15, 0.2) is 0 Å². The summed E-state index contributed by atoms with van der Waals surface area (Å²) >= 11 is 6.02. The van der Waals surface area contributed by atoms with Gasteiger partial charge in [0, 0.05) is 17.3 Å². The van der Waals surface area contributed by atoms with Gasteiger partial charge in [-0.15, -0.1) is 0 Å². The van der Waals surface area contributed by atoms with Crippen molar-refractivity contribution in [3.63, 3.8) is 0 Å². The highest BCUT2D eigenvalue weighted by molar-refractivity contribution is 7.89. The van der Waals surface area contributed by atoms with Crippen LogP contribution in [0.2, 0.25) is 5.02 Å².